The molecule has 0 spiro atoms. The van der Waals surface area contributed by atoms with E-state index in [1.165, 1.54) is 12.0 Å². The zero-order valence-electron chi connectivity index (χ0n) is 44.1. The molecule has 2 bridgehead atoms. The first-order valence-electron chi connectivity index (χ1n) is 25.6. The highest BCUT2D eigenvalue weighted by atomic mass is 28.4. The van der Waals surface area contributed by atoms with E-state index < -0.39 is 86.3 Å². The maximum absolute atomic E-state index is 14.5. The molecule has 4 rings (SSSR count). The number of rotatable bonds is 8. The van der Waals surface area contributed by atoms with Crippen molar-refractivity contribution < 1.29 is 62.3 Å². The first-order chi connectivity index (χ1) is 32.4. The van der Waals surface area contributed by atoms with E-state index in [0.717, 1.165) is 12.0 Å². The third-order valence-corrected chi connectivity index (χ3v) is 15.9. The van der Waals surface area contributed by atoms with Crippen LogP contribution in [0.15, 0.2) is 47.6 Å². The molecule has 69 heavy (non-hydrogen) atoms. The fourth-order valence-corrected chi connectivity index (χ4v) is 11.7. The molecule has 0 aromatic heterocycles. The molecule has 15 atom stereocenters. The topological polar surface area (TPSA) is 184 Å². The van der Waals surface area contributed by atoms with E-state index in [1.807, 2.05) is 83.8 Å². The van der Waals surface area contributed by atoms with Crippen LogP contribution in [0, 0.1) is 35.5 Å². The van der Waals surface area contributed by atoms with E-state index >= 15 is 0 Å². The van der Waals surface area contributed by atoms with Crippen molar-refractivity contribution in [3.8, 4) is 0 Å². The third-order valence-electron chi connectivity index (χ3n) is 14.9. The first kappa shape index (κ1) is 58.4. The highest BCUT2D eigenvalue weighted by Gasteiger charge is 2.53. The van der Waals surface area contributed by atoms with Crippen LogP contribution in [0.4, 0.5) is 0 Å². The van der Waals surface area contributed by atoms with Crippen molar-refractivity contribution in [1.82, 2.24) is 4.90 Å². The van der Waals surface area contributed by atoms with Gasteiger partial charge in [-0.25, -0.2) is 4.79 Å². The van der Waals surface area contributed by atoms with Crippen molar-refractivity contribution in [2.45, 2.75) is 200 Å². The Balaban J connectivity index is 1.76. The Morgan fingerprint density at radius 3 is 2.20 bits per heavy atom. The number of amides is 1. The number of hydrogen-bond donors (Lipinski definition) is 2. The van der Waals surface area contributed by atoms with Gasteiger partial charge in [-0.15, -0.1) is 0 Å². The van der Waals surface area contributed by atoms with Gasteiger partial charge < -0.3 is 43.2 Å². The largest absolute Gasteiger partial charge is 0.460 e. The summed E-state index contributed by atoms with van der Waals surface area (Å²) in [5, 5.41) is 22.5. The van der Waals surface area contributed by atoms with Crippen LogP contribution in [0.5, 0.6) is 0 Å². The van der Waals surface area contributed by atoms with Gasteiger partial charge in [-0.1, -0.05) is 71.1 Å². The summed E-state index contributed by atoms with van der Waals surface area (Å²) in [7, 11) is 2.40. The number of Topliss-reactive ketones (excluding diaryl/α,β-unsaturated/α-hetero) is 3. The van der Waals surface area contributed by atoms with Crippen molar-refractivity contribution >= 4 is 37.5 Å². The Hall–Kier alpha value is -3.15. The molecule has 1 saturated carbocycles. The number of allylic oxidation sites excluding steroid dienone is 6. The molecule has 14 unspecified atom stereocenters. The Bertz CT molecular complexity index is 1870. The van der Waals surface area contributed by atoms with Gasteiger partial charge in [0.25, 0.3) is 11.7 Å². The summed E-state index contributed by atoms with van der Waals surface area (Å²) in [4.78, 5) is 73.1. The quantitative estimate of drug-likeness (QED) is 0.103. The number of esters is 1. The van der Waals surface area contributed by atoms with Crippen LogP contribution in [-0.2, 0) is 52.1 Å². The van der Waals surface area contributed by atoms with E-state index in [1.54, 1.807) is 28.1 Å². The summed E-state index contributed by atoms with van der Waals surface area (Å²) in [5.74, 6) is -7.43. The molecule has 3 heterocycles. The second-order valence-electron chi connectivity index (χ2n) is 21.8. The predicted molar refractivity (Wildman–Crippen MR) is 267 cm³/mol. The number of piperidine rings is 1. The number of aliphatic hydroxyl groups excluding tert-OH is 1. The number of aliphatic hydroxyl groups is 2. The molecule has 1 aliphatic carbocycles. The van der Waals surface area contributed by atoms with Crippen LogP contribution in [0.25, 0.3) is 0 Å². The molecule has 1 amide bonds. The van der Waals surface area contributed by atoms with Gasteiger partial charge in [-0.05, 0) is 127 Å². The monoisotopic (exact) mass is 986 g/mol. The van der Waals surface area contributed by atoms with Crippen molar-refractivity contribution in [2.24, 2.45) is 35.5 Å². The number of carbonyl (C=O) groups is 5. The SMILES string of the molecule is COC1CC2CCC(C)C(O)(O2)C(=O)C(=O)N2CCCC[C@H]2C(=O)OC(C(C)CC2CCC(O)C(OC)C2)CC(=O)C(C)/C=C(\C)C(O[Si](C)(C)C)C(OC)C(=O)C(C)CC(C)/C=C/C=C/C=C/1C. The van der Waals surface area contributed by atoms with Crippen molar-refractivity contribution in [1.29, 1.82) is 0 Å². The number of methoxy groups -OCH3 is 3. The lowest BCUT2D eigenvalue weighted by Gasteiger charge is -2.42. The Morgan fingerprint density at radius 1 is 0.841 bits per heavy atom. The van der Waals surface area contributed by atoms with Crippen LogP contribution in [0.2, 0.25) is 19.6 Å². The van der Waals surface area contributed by atoms with E-state index in [-0.39, 0.29) is 60.7 Å². The molecule has 3 fully saturated rings. The molecule has 2 N–H and O–H groups in total. The van der Waals surface area contributed by atoms with Gasteiger partial charge in [-0.2, -0.15) is 0 Å². The summed E-state index contributed by atoms with van der Waals surface area (Å²) in [5.41, 5.74) is 1.58. The minimum absolute atomic E-state index is 0.0556. The predicted octanol–water partition coefficient (Wildman–Crippen LogP) is 8.04. The molecule has 0 radical (unpaired) electrons. The highest BCUT2D eigenvalue weighted by Crippen LogP contribution is 2.38. The molecular formula is C54H87NO13Si. The van der Waals surface area contributed by atoms with Crippen LogP contribution >= 0.6 is 0 Å². The fraction of sp³-hybridized carbons (Fsp3) is 0.759. The number of ketones is 3. The van der Waals surface area contributed by atoms with Gasteiger partial charge >= 0.3 is 5.97 Å². The average Bonchev–Trinajstić information content (AvgIpc) is 3.30. The van der Waals surface area contributed by atoms with E-state index in [4.69, 9.17) is 28.1 Å². The molecule has 3 aliphatic heterocycles. The molecular weight excluding hydrogens is 899 g/mol. The summed E-state index contributed by atoms with van der Waals surface area (Å²) in [6, 6.07) is -1.13. The van der Waals surface area contributed by atoms with Crippen molar-refractivity contribution in [3.63, 3.8) is 0 Å². The molecule has 390 valence electrons. The number of nitrogens with zero attached hydrogens (tertiary/aromatic N) is 1. The molecule has 15 heteroatoms. The van der Waals surface area contributed by atoms with E-state index in [0.29, 0.717) is 63.4 Å². The Morgan fingerprint density at radius 2 is 1.55 bits per heavy atom. The third kappa shape index (κ3) is 16.2. The number of cyclic esters (lactones) is 1. The lowest BCUT2D eigenvalue weighted by molar-refractivity contribution is -0.265. The molecule has 2 saturated heterocycles. The zero-order chi connectivity index (χ0) is 51.4. The van der Waals surface area contributed by atoms with Crippen molar-refractivity contribution in [3.05, 3.63) is 47.6 Å². The van der Waals surface area contributed by atoms with Gasteiger partial charge in [0.05, 0.1) is 30.5 Å². The smallest absolute Gasteiger partial charge is 0.329 e. The molecule has 14 nitrogen and oxygen atoms in total. The number of carbonyl (C=O) groups excluding carboxylic acids is 5. The lowest BCUT2D eigenvalue weighted by atomic mass is 9.78. The number of ether oxygens (including phenoxy) is 5. The number of hydrogen-bond acceptors (Lipinski definition) is 13. The average molecular weight is 986 g/mol. The normalized spacial score (nSPS) is 39.0. The summed E-state index contributed by atoms with van der Waals surface area (Å²) in [6.07, 6.45) is 12.7. The number of fused-ring (bicyclic) bond motifs is 3. The molecule has 0 aromatic carbocycles. The van der Waals surface area contributed by atoms with Crippen LogP contribution in [-0.4, -0.2) is 135 Å². The zero-order valence-corrected chi connectivity index (χ0v) is 45.1. The second-order valence-corrected chi connectivity index (χ2v) is 26.3. The van der Waals surface area contributed by atoms with Gasteiger partial charge in [0.15, 0.2) is 14.1 Å². The van der Waals surface area contributed by atoms with Crippen LogP contribution in [0.1, 0.15) is 126 Å². The standard InChI is InChI=1S/C54H87NO13Si/c1-33-19-15-14-16-20-34(2)45(63-8)31-41-24-22-39(7)54(62,67-41)51(59)52(60)55-26-18-17-21-42(55)53(61)66-46(36(4)29-40-23-25-43(56)47(30-40)64-9)32-44(57)35(3)28-38(6)49(68-69(11,12)13)50(65-10)48(58)37(5)27-33/h14-16,19-20,28,33,35-37,39-43,45-47,49-50,56,62H,17-18,21-27,29-32H2,1-13H3/b16-14+,19-15+,34-20+,38-28+/t33?,35?,36?,37?,39?,40?,41?,42-,43?,45?,46?,47?,49?,50?,54?/m0/s1. The maximum atomic E-state index is 14.5. The van der Waals surface area contributed by atoms with Gasteiger partial charge in [0, 0.05) is 58.5 Å². The minimum Gasteiger partial charge on any atom is -0.460 e. The minimum atomic E-state index is -2.42. The Kier molecular flexibility index (Phi) is 22.4. The van der Waals surface area contributed by atoms with E-state index in [2.05, 4.69) is 6.92 Å². The van der Waals surface area contributed by atoms with Crippen molar-refractivity contribution in [2.75, 3.05) is 27.9 Å². The van der Waals surface area contributed by atoms with Gasteiger partial charge in [0.2, 0.25) is 5.79 Å². The van der Waals surface area contributed by atoms with Crippen LogP contribution < -0.4 is 0 Å². The highest BCUT2D eigenvalue weighted by molar-refractivity contribution is 6.69. The fourth-order valence-electron chi connectivity index (χ4n) is 10.6. The maximum Gasteiger partial charge on any atom is 0.329 e. The van der Waals surface area contributed by atoms with Gasteiger partial charge in [0.1, 0.15) is 24.0 Å². The van der Waals surface area contributed by atoms with Gasteiger partial charge in [-0.3, -0.25) is 19.2 Å². The summed E-state index contributed by atoms with van der Waals surface area (Å²) < 4.78 is 36.7. The first-order valence-corrected chi connectivity index (χ1v) is 29.0. The Labute approximate surface area is 414 Å². The second kappa shape index (κ2) is 26.5. The van der Waals surface area contributed by atoms with Crippen LogP contribution in [0.3, 0.4) is 0 Å². The molecule has 4 aliphatic rings. The molecule has 0 aromatic rings. The summed E-state index contributed by atoms with van der Waals surface area (Å²) in [6.45, 7) is 19.4. The lowest BCUT2D eigenvalue weighted by Crippen LogP contribution is -2.61. The summed E-state index contributed by atoms with van der Waals surface area (Å²) >= 11 is 0. The van der Waals surface area contributed by atoms with E-state index in [9.17, 15) is 34.2 Å².